The lowest BCUT2D eigenvalue weighted by Gasteiger charge is -2.24. The van der Waals surface area contributed by atoms with Gasteiger partial charge in [0.25, 0.3) is 0 Å². The third-order valence-electron chi connectivity index (χ3n) is 5.46. The molecule has 34 heavy (non-hydrogen) atoms. The van der Waals surface area contributed by atoms with Crippen molar-refractivity contribution in [1.29, 1.82) is 0 Å². The van der Waals surface area contributed by atoms with Crippen molar-refractivity contribution in [3.05, 3.63) is 60.7 Å². The maximum atomic E-state index is 12.5. The van der Waals surface area contributed by atoms with Crippen molar-refractivity contribution in [1.82, 2.24) is 0 Å². The fourth-order valence-corrected chi connectivity index (χ4v) is 6.17. The van der Waals surface area contributed by atoms with Crippen LogP contribution in [0.25, 0.3) is 0 Å². The lowest BCUT2D eigenvalue weighted by molar-refractivity contribution is -0.144. The predicted molar refractivity (Wildman–Crippen MR) is 137 cm³/mol. The first-order chi connectivity index (χ1) is 16.0. The molecule has 2 unspecified atom stereocenters. The van der Waals surface area contributed by atoms with Crippen molar-refractivity contribution in [2.45, 2.75) is 40.5 Å². The molecule has 0 fully saturated rings. The number of esters is 2. The quantitative estimate of drug-likeness (QED) is 0.225. The number of hydrogen-bond donors (Lipinski definition) is 0. The molecule has 0 saturated heterocycles. The topological polar surface area (TPSA) is 98.7 Å². The molecular weight excluding hydrogens is 472 g/mol. The van der Waals surface area contributed by atoms with Crippen LogP contribution in [0.15, 0.2) is 60.7 Å². The maximum absolute atomic E-state index is 12.5. The first kappa shape index (κ1) is 28.2. The fourth-order valence-electron chi connectivity index (χ4n) is 2.80. The van der Waals surface area contributed by atoms with Crippen LogP contribution >= 0.6 is 0 Å². The minimum atomic E-state index is -1.20. The van der Waals surface area contributed by atoms with E-state index in [1.54, 1.807) is 76.2 Å². The van der Waals surface area contributed by atoms with Crippen molar-refractivity contribution >= 4 is 34.3 Å². The molecule has 0 bridgehead atoms. The first-order valence-corrected chi connectivity index (χ1v) is 14.2. The number of carbonyl (C=O) groups excluding carboxylic acids is 2. The summed E-state index contributed by atoms with van der Waals surface area (Å²) >= 11 is -2.41. The van der Waals surface area contributed by atoms with Crippen molar-refractivity contribution in [3.63, 3.8) is 0 Å². The number of ether oxygens (including phenoxy) is 2. The highest BCUT2D eigenvalue weighted by atomic mass is 32.2. The second-order valence-corrected chi connectivity index (χ2v) is 12.8. The summed E-state index contributed by atoms with van der Waals surface area (Å²) in [6.45, 7) is 7.07. The largest absolute Gasteiger partial charge is 0.616 e. The van der Waals surface area contributed by atoms with E-state index in [0.29, 0.717) is 35.8 Å². The highest BCUT2D eigenvalue weighted by Gasteiger charge is 2.33. The van der Waals surface area contributed by atoms with Crippen molar-refractivity contribution in [3.8, 4) is 11.5 Å². The van der Waals surface area contributed by atoms with Gasteiger partial charge in [0.15, 0.2) is 0 Å². The minimum Gasteiger partial charge on any atom is -0.616 e. The molecule has 2 aromatic rings. The Morgan fingerprint density at radius 2 is 0.971 bits per heavy atom. The van der Waals surface area contributed by atoms with E-state index in [1.165, 1.54) is 0 Å². The summed E-state index contributed by atoms with van der Waals surface area (Å²) in [6.07, 6.45) is 0.798. The van der Waals surface area contributed by atoms with Crippen LogP contribution in [0, 0.1) is 10.8 Å². The molecular formula is C26H34O6S2. The van der Waals surface area contributed by atoms with Crippen LogP contribution in [0.1, 0.15) is 40.5 Å². The van der Waals surface area contributed by atoms with E-state index in [1.807, 2.05) is 12.1 Å². The zero-order chi connectivity index (χ0) is 25.2. The molecule has 0 aliphatic rings. The van der Waals surface area contributed by atoms with Crippen molar-refractivity contribution in [2.75, 3.05) is 23.0 Å². The van der Waals surface area contributed by atoms with E-state index in [-0.39, 0.29) is 23.4 Å². The minimum absolute atomic E-state index is 0.283. The molecule has 0 N–H and O–H groups in total. The molecule has 0 amide bonds. The Hall–Kier alpha value is -2.00. The van der Waals surface area contributed by atoms with Gasteiger partial charge in [0, 0.05) is 12.8 Å². The summed E-state index contributed by atoms with van der Waals surface area (Å²) in [4.78, 5) is 24.9. The number of rotatable bonds is 13. The van der Waals surface area contributed by atoms with Gasteiger partial charge in [-0.3, -0.25) is 9.59 Å². The maximum Gasteiger partial charge on any atom is 0.317 e. The summed E-state index contributed by atoms with van der Waals surface area (Å²) in [5, 5.41) is 0. The standard InChI is InChI=1S/C26H34O6S2/c1-25(2,23(27)31-21-11-7-5-8-12-21)15-17-33(29)19-20-34(30)18-16-26(3,4)24(28)32-22-13-9-6-10-14-22/h5-14H,15-20H2,1-4H3. The van der Waals surface area contributed by atoms with Gasteiger partial charge in [-0.1, -0.05) is 36.4 Å². The Kier molecular flexibility index (Phi) is 11.0. The van der Waals surface area contributed by atoms with E-state index in [9.17, 15) is 18.7 Å². The zero-order valence-corrected chi connectivity index (χ0v) is 21.9. The van der Waals surface area contributed by atoms with Gasteiger partial charge in [0.2, 0.25) is 0 Å². The average molecular weight is 507 g/mol. The smallest absolute Gasteiger partial charge is 0.317 e. The normalized spacial score (nSPS) is 13.7. The molecule has 6 nitrogen and oxygen atoms in total. The average Bonchev–Trinajstić information content (AvgIpc) is 2.81. The van der Waals surface area contributed by atoms with Crippen LogP contribution in [-0.4, -0.2) is 44.1 Å². The Morgan fingerprint density at radius 3 is 1.29 bits per heavy atom. The molecule has 0 saturated carbocycles. The highest BCUT2D eigenvalue weighted by Crippen LogP contribution is 2.26. The van der Waals surface area contributed by atoms with Crippen LogP contribution < -0.4 is 9.47 Å². The summed E-state index contributed by atoms with van der Waals surface area (Å²) in [7, 11) is 0. The van der Waals surface area contributed by atoms with E-state index < -0.39 is 33.2 Å². The second-order valence-electron chi connectivity index (χ2n) is 9.37. The molecule has 2 aromatic carbocycles. The summed E-state index contributed by atoms with van der Waals surface area (Å²) in [6, 6.07) is 17.7. The summed E-state index contributed by atoms with van der Waals surface area (Å²) in [5.74, 6) is 1.43. The van der Waals surface area contributed by atoms with E-state index in [2.05, 4.69) is 0 Å². The van der Waals surface area contributed by atoms with Crippen molar-refractivity contribution < 1.29 is 28.2 Å². The molecule has 0 aromatic heterocycles. The Balaban J connectivity index is 1.70. The number of hydrogen-bond acceptors (Lipinski definition) is 6. The van der Waals surface area contributed by atoms with E-state index in [0.717, 1.165) is 0 Å². The van der Waals surface area contributed by atoms with Crippen LogP contribution in [0.3, 0.4) is 0 Å². The van der Waals surface area contributed by atoms with Gasteiger partial charge < -0.3 is 18.6 Å². The highest BCUT2D eigenvalue weighted by molar-refractivity contribution is 7.95. The second kappa shape index (κ2) is 13.2. The van der Waals surface area contributed by atoms with Gasteiger partial charge in [-0.25, -0.2) is 0 Å². The molecule has 0 heterocycles. The molecule has 0 aliphatic carbocycles. The van der Waals surface area contributed by atoms with E-state index >= 15 is 0 Å². The SMILES string of the molecule is CC(C)(CC[S+]([O-])CC[S+]([O-])CCC(C)(C)C(=O)Oc1ccccc1)C(=O)Oc1ccccc1. The van der Waals surface area contributed by atoms with E-state index in [4.69, 9.17) is 9.47 Å². The molecule has 0 spiro atoms. The third kappa shape index (κ3) is 9.70. The van der Waals surface area contributed by atoms with Crippen molar-refractivity contribution in [2.24, 2.45) is 10.8 Å². The summed E-state index contributed by atoms with van der Waals surface area (Å²) < 4.78 is 35.7. The monoisotopic (exact) mass is 506 g/mol. The van der Waals surface area contributed by atoms with Crippen LogP contribution in [0.5, 0.6) is 11.5 Å². The molecule has 186 valence electrons. The van der Waals surface area contributed by atoms with Gasteiger partial charge in [0.1, 0.15) is 34.5 Å². The Labute approximate surface area is 208 Å². The Morgan fingerprint density at radius 1 is 0.647 bits per heavy atom. The predicted octanol–water partition coefficient (Wildman–Crippen LogP) is 4.53. The molecule has 0 aliphatic heterocycles. The molecule has 2 rings (SSSR count). The molecule has 8 heteroatoms. The number of para-hydroxylation sites is 2. The third-order valence-corrected chi connectivity index (χ3v) is 8.36. The van der Waals surface area contributed by atoms with Crippen LogP contribution in [0.4, 0.5) is 0 Å². The first-order valence-electron chi connectivity index (χ1n) is 11.2. The summed E-state index contributed by atoms with van der Waals surface area (Å²) in [5.41, 5.74) is -1.57. The lowest BCUT2D eigenvalue weighted by Crippen LogP contribution is -2.33. The van der Waals surface area contributed by atoms with Crippen LogP contribution in [0.2, 0.25) is 0 Å². The number of benzene rings is 2. The van der Waals surface area contributed by atoms with Gasteiger partial charge in [0.05, 0.1) is 10.8 Å². The van der Waals surface area contributed by atoms with Crippen LogP contribution in [-0.2, 0) is 31.9 Å². The number of carbonyl (C=O) groups is 2. The zero-order valence-electron chi connectivity index (χ0n) is 20.3. The Bertz CT molecular complexity index is 827. The lowest BCUT2D eigenvalue weighted by atomic mass is 9.90. The fraction of sp³-hybridized carbons (Fsp3) is 0.462. The molecule has 0 radical (unpaired) electrons. The van der Waals surface area contributed by atoms with Gasteiger partial charge in [-0.05, 0) is 74.3 Å². The molecule has 2 atom stereocenters. The van der Waals surface area contributed by atoms with Gasteiger partial charge >= 0.3 is 11.9 Å². The van der Waals surface area contributed by atoms with Gasteiger partial charge in [-0.2, -0.15) is 0 Å². The van der Waals surface area contributed by atoms with Gasteiger partial charge in [-0.15, -0.1) is 0 Å².